The summed E-state index contributed by atoms with van der Waals surface area (Å²) in [5.74, 6) is 0. The zero-order valence-electron chi connectivity index (χ0n) is 17.6. The highest BCUT2D eigenvalue weighted by molar-refractivity contribution is 8.27. The normalized spacial score (nSPS) is 29.7. The maximum Gasteiger partial charge on any atom is 0.470 e. The van der Waals surface area contributed by atoms with Crippen molar-refractivity contribution in [2.45, 2.75) is 36.6 Å². The highest BCUT2D eigenvalue weighted by Crippen LogP contribution is 2.74. The second-order valence-electron chi connectivity index (χ2n) is 6.83. The fourth-order valence-corrected chi connectivity index (χ4v) is 6.98. The van der Waals surface area contributed by atoms with Crippen LogP contribution >= 0.6 is 54.0 Å². The molecule has 1 saturated carbocycles. The zero-order valence-corrected chi connectivity index (χ0v) is 23.9. The lowest BCUT2D eigenvalue weighted by atomic mass is 9.85. The molecule has 234 valence electrons. The van der Waals surface area contributed by atoms with E-state index in [0.717, 1.165) is 0 Å². The third kappa shape index (κ3) is 13.0. The molecule has 0 aromatic rings. The Bertz CT molecular complexity index is 1080. The van der Waals surface area contributed by atoms with E-state index in [1.165, 1.54) is 0 Å². The first-order valence-corrected chi connectivity index (χ1v) is 20.0. The molecule has 0 aromatic carbocycles. The van der Waals surface area contributed by atoms with Crippen molar-refractivity contribution in [2.75, 3.05) is 0 Å². The van der Waals surface area contributed by atoms with Crippen LogP contribution in [0.25, 0.3) is 0 Å². The van der Waals surface area contributed by atoms with Gasteiger partial charge in [0.15, 0.2) is 0 Å². The quantitative estimate of drug-likeness (QED) is 0.0791. The molecule has 0 heterocycles. The largest absolute Gasteiger partial charge is 0.680 e. The van der Waals surface area contributed by atoms with Gasteiger partial charge in [0.05, 0.1) is 0 Å². The minimum absolute atomic E-state index is 3.30. The Balaban J connectivity index is 4.16. The SMILES string of the molecule is O=P(O)(O)OC1[C@H](OP(=O)(O)O)[C@H](OP(=O)(O)O)C(OP(=O)(O)[P+]([O-])([O-])[O-])[C@H](OP(=O)(O)O)[C@H]1OP(=O)(O)O. The molecule has 26 nitrogen and oxygen atoms in total. The van der Waals surface area contributed by atoms with Gasteiger partial charge in [0, 0.05) is 0 Å². The van der Waals surface area contributed by atoms with Crippen molar-refractivity contribution in [3.63, 3.8) is 0 Å². The average Bonchev–Trinajstić information content (AvgIpc) is 2.58. The third-order valence-corrected chi connectivity index (χ3v) is 9.67. The molecule has 0 saturated heterocycles. The van der Waals surface area contributed by atoms with Gasteiger partial charge in [-0.15, -0.1) is 0 Å². The molecule has 1 rings (SSSR count). The standard InChI is InChI=1S/C6H19O26P7/c7-33(8,9)27-1-2(28-34(10,11)12)4(30-36(16,17)18)6(32-39(25,26)38(22,23)24)5(31-37(19,20)21)3(1)29-35(13,14)15/h1-6H,(H,25,26)(H2,7,8,9)(H2,10,11,12)(H2,13,14,15)(H2,16,17,18)(H2,19,20,21)(H2,22,23,24)/p-2/t1?,2-,3-,4-,5+,6?/m0/s1. The fourth-order valence-electron chi connectivity index (χ4n) is 2.85. The summed E-state index contributed by atoms with van der Waals surface area (Å²) in [5, 5.41) is 0. The van der Waals surface area contributed by atoms with Crippen LogP contribution in [0.4, 0.5) is 0 Å². The Morgan fingerprint density at radius 1 is 0.385 bits per heavy atom. The van der Waals surface area contributed by atoms with Crippen molar-refractivity contribution in [3.8, 4) is 0 Å². The Morgan fingerprint density at radius 2 is 0.538 bits per heavy atom. The van der Waals surface area contributed by atoms with Crippen molar-refractivity contribution in [2.24, 2.45) is 0 Å². The zero-order chi connectivity index (χ0) is 31.2. The van der Waals surface area contributed by atoms with Gasteiger partial charge in [-0.1, -0.05) is 0 Å². The van der Waals surface area contributed by atoms with Gasteiger partial charge in [0.25, 0.3) is 0 Å². The van der Waals surface area contributed by atoms with Gasteiger partial charge in [0.1, 0.15) is 36.6 Å². The number of hydrogen-bond donors (Lipinski definition) is 11. The number of rotatable bonds is 13. The van der Waals surface area contributed by atoms with Gasteiger partial charge in [-0.05, 0) is 7.63 Å². The molecule has 7 atom stereocenters. The summed E-state index contributed by atoms with van der Waals surface area (Å²) >= 11 is 0. The molecule has 0 radical (unpaired) electrons. The minimum Gasteiger partial charge on any atom is -0.680 e. The van der Waals surface area contributed by atoms with Crippen LogP contribution in [-0.4, -0.2) is 90.5 Å². The monoisotopic (exact) mass is 722 g/mol. The van der Waals surface area contributed by atoms with E-state index < -0.39 is 90.7 Å². The Labute approximate surface area is 214 Å². The molecule has 0 bridgehead atoms. The summed E-state index contributed by atoms with van der Waals surface area (Å²) in [6, 6.07) is 0. The molecule has 0 aromatic heterocycles. The highest BCUT2D eigenvalue weighted by Gasteiger charge is 2.63. The predicted molar refractivity (Wildman–Crippen MR) is 106 cm³/mol. The van der Waals surface area contributed by atoms with E-state index in [-0.39, 0.29) is 0 Å². The van der Waals surface area contributed by atoms with Crippen LogP contribution in [0.15, 0.2) is 0 Å². The molecular weight excluding hydrogens is 705 g/mol. The summed E-state index contributed by atoms with van der Waals surface area (Å²) in [5.41, 5.74) is 0. The highest BCUT2D eigenvalue weighted by atomic mass is 32.1. The van der Waals surface area contributed by atoms with E-state index in [2.05, 4.69) is 27.1 Å². The van der Waals surface area contributed by atoms with Crippen LogP contribution in [0, 0.1) is 0 Å². The second-order valence-corrected chi connectivity index (χ2v) is 17.9. The lowest BCUT2D eigenvalue weighted by Gasteiger charge is -2.50. The van der Waals surface area contributed by atoms with Crippen LogP contribution in [0.1, 0.15) is 0 Å². The van der Waals surface area contributed by atoms with Crippen LogP contribution in [-0.2, 0) is 54.5 Å². The molecule has 11 N–H and O–H groups in total. The van der Waals surface area contributed by atoms with E-state index in [4.69, 9.17) is 9.79 Å². The summed E-state index contributed by atoms with van der Waals surface area (Å²) in [4.78, 5) is 135. The first-order chi connectivity index (χ1) is 16.8. The van der Waals surface area contributed by atoms with Gasteiger partial charge in [-0.3, -0.25) is 32.0 Å². The van der Waals surface area contributed by atoms with E-state index in [1.807, 2.05) is 0 Å². The molecule has 39 heavy (non-hydrogen) atoms. The first kappa shape index (κ1) is 38.0. The first-order valence-electron chi connectivity index (χ1n) is 8.55. The summed E-state index contributed by atoms with van der Waals surface area (Å²) in [6.45, 7) is 0. The average molecular weight is 722 g/mol. The third-order valence-electron chi connectivity index (χ3n) is 3.81. The summed E-state index contributed by atoms with van der Waals surface area (Å²) in [6.07, 6.45) is -20.3. The maximum absolute atomic E-state index is 12.0. The van der Waals surface area contributed by atoms with Crippen LogP contribution < -0.4 is 14.7 Å². The molecule has 1 fully saturated rings. The predicted octanol–water partition coefficient (Wildman–Crippen LogP) is -5.28. The fraction of sp³-hybridized carbons (Fsp3) is 1.00. The summed E-state index contributed by atoms with van der Waals surface area (Å²) in [7, 11) is -44.6. The van der Waals surface area contributed by atoms with Crippen LogP contribution in [0.3, 0.4) is 0 Å². The van der Waals surface area contributed by atoms with E-state index in [1.54, 1.807) is 0 Å². The van der Waals surface area contributed by atoms with Crippen molar-refractivity contribution in [3.05, 3.63) is 0 Å². The smallest absolute Gasteiger partial charge is 0.470 e. The molecule has 3 unspecified atom stereocenters. The lowest BCUT2D eigenvalue weighted by molar-refractivity contribution is -0.418. The lowest BCUT2D eigenvalue weighted by Crippen LogP contribution is -2.66. The Morgan fingerprint density at radius 3 is 0.667 bits per heavy atom. The molecular formula is C6H17O26P7-2. The van der Waals surface area contributed by atoms with Gasteiger partial charge in [-0.2, -0.15) is 0 Å². The van der Waals surface area contributed by atoms with E-state index in [9.17, 15) is 86.1 Å². The molecule has 1 aliphatic rings. The Hall–Kier alpha value is 1.01. The second kappa shape index (κ2) is 12.6. The van der Waals surface area contributed by atoms with Crippen molar-refractivity contribution < 1.29 is 123 Å². The molecule has 0 amide bonds. The van der Waals surface area contributed by atoms with Crippen LogP contribution in [0.5, 0.6) is 0 Å². The topological polar surface area (TPSA) is 450 Å². The van der Waals surface area contributed by atoms with Gasteiger partial charge >= 0.3 is 46.4 Å². The van der Waals surface area contributed by atoms with E-state index in [0.29, 0.717) is 0 Å². The van der Waals surface area contributed by atoms with E-state index >= 15 is 0 Å². The summed E-state index contributed by atoms with van der Waals surface area (Å²) < 4.78 is 93.7. The van der Waals surface area contributed by atoms with Crippen LogP contribution in [0.2, 0.25) is 0 Å². The number of hydrogen-bond acceptors (Lipinski definition) is 15. The van der Waals surface area contributed by atoms with Gasteiger partial charge < -0.3 is 63.6 Å². The van der Waals surface area contributed by atoms with Crippen molar-refractivity contribution in [1.29, 1.82) is 0 Å². The van der Waals surface area contributed by atoms with Crippen molar-refractivity contribution >= 4 is 54.0 Å². The molecule has 33 heteroatoms. The van der Waals surface area contributed by atoms with Gasteiger partial charge in [-0.25, -0.2) is 27.4 Å². The van der Waals surface area contributed by atoms with Gasteiger partial charge in [0.2, 0.25) is 0 Å². The number of phosphoric ester groups is 5. The number of phosphoric acid groups is 5. The maximum atomic E-state index is 12.0. The molecule has 0 aliphatic heterocycles. The molecule has 0 spiro atoms. The van der Waals surface area contributed by atoms with Crippen molar-refractivity contribution in [1.82, 2.24) is 0 Å². The molecule has 1 aliphatic carbocycles. The Kier molecular flexibility index (Phi) is 12.2. The minimum atomic E-state index is -6.92.